The fraction of sp³-hybridized carbons (Fsp3) is 0.560. The molecule has 31 heavy (non-hydrogen) atoms. The molecule has 0 radical (unpaired) electrons. The van der Waals surface area contributed by atoms with Crippen molar-refractivity contribution in [1.82, 2.24) is 15.4 Å². The average molecular weight is 426 g/mol. The number of amides is 1. The number of rotatable bonds is 5. The second kappa shape index (κ2) is 10.7. The van der Waals surface area contributed by atoms with E-state index < -0.39 is 0 Å². The van der Waals surface area contributed by atoms with Crippen molar-refractivity contribution in [2.45, 2.75) is 65.0 Å². The van der Waals surface area contributed by atoms with Gasteiger partial charge >= 0.3 is 0 Å². The number of aromatic nitrogens is 1. The van der Waals surface area contributed by atoms with Crippen LogP contribution in [0.1, 0.15) is 62.0 Å². The molecule has 2 fully saturated rings. The average Bonchev–Trinajstić information content (AvgIpc) is 3.43. The first-order chi connectivity index (χ1) is 14.9. The van der Waals surface area contributed by atoms with Gasteiger partial charge < -0.3 is 9.84 Å². The van der Waals surface area contributed by atoms with Crippen LogP contribution in [0.2, 0.25) is 0 Å². The maximum Gasteiger partial charge on any atom is 0.237 e. The number of aldehydes is 1. The number of benzene rings is 1. The first-order valence-corrected chi connectivity index (χ1v) is 11.4. The zero-order valence-electron chi connectivity index (χ0n) is 19.1. The van der Waals surface area contributed by atoms with Crippen molar-refractivity contribution in [3.05, 3.63) is 41.6 Å². The first-order valence-electron chi connectivity index (χ1n) is 11.4. The molecule has 1 aromatic carbocycles. The molecule has 168 valence electrons. The highest BCUT2D eigenvalue weighted by Gasteiger charge is 2.36. The summed E-state index contributed by atoms with van der Waals surface area (Å²) in [6, 6.07) is 9.95. The molecule has 0 bridgehead atoms. The van der Waals surface area contributed by atoms with Crippen LogP contribution >= 0.6 is 0 Å². The van der Waals surface area contributed by atoms with E-state index in [0.717, 1.165) is 24.4 Å². The molecule has 2 unspecified atom stereocenters. The number of hydrogen-bond donors (Lipinski definition) is 1. The van der Waals surface area contributed by atoms with E-state index >= 15 is 0 Å². The van der Waals surface area contributed by atoms with E-state index in [2.05, 4.69) is 36.3 Å². The molecule has 1 saturated heterocycles. The number of nitrogens with one attached hydrogen (secondary N) is 1. The fourth-order valence-electron chi connectivity index (χ4n) is 4.52. The van der Waals surface area contributed by atoms with Crippen LogP contribution in [0, 0.1) is 18.8 Å². The molecule has 2 atom stereocenters. The van der Waals surface area contributed by atoms with Gasteiger partial charge in [0.25, 0.3) is 0 Å². The van der Waals surface area contributed by atoms with Crippen molar-refractivity contribution in [2.75, 3.05) is 13.6 Å². The van der Waals surface area contributed by atoms with Gasteiger partial charge in [-0.1, -0.05) is 61.7 Å². The Morgan fingerprint density at radius 3 is 2.45 bits per heavy atom. The topological polar surface area (TPSA) is 75.4 Å². The van der Waals surface area contributed by atoms with Crippen LogP contribution < -0.4 is 5.32 Å². The highest BCUT2D eigenvalue weighted by molar-refractivity contribution is 5.82. The highest BCUT2D eigenvalue weighted by Crippen LogP contribution is 2.30. The summed E-state index contributed by atoms with van der Waals surface area (Å²) in [7, 11) is 2.10. The molecular weight excluding hydrogens is 390 g/mol. The summed E-state index contributed by atoms with van der Waals surface area (Å²) in [5.41, 5.74) is 2.43. The molecule has 1 saturated carbocycles. The van der Waals surface area contributed by atoms with Crippen molar-refractivity contribution in [2.24, 2.45) is 11.8 Å². The van der Waals surface area contributed by atoms with E-state index in [1.54, 1.807) is 6.07 Å². The zero-order chi connectivity index (χ0) is 22.4. The molecule has 1 aliphatic heterocycles. The van der Waals surface area contributed by atoms with Gasteiger partial charge in [0.05, 0.1) is 6.04 Å². The van der Waals surface area contributed by atoms with Gasteiger partial charge in [0.1, 0.15) is 5.69 Å². The maximum absolute atomic E-state index is 12.2. The Labute approximate surface area is 185 Å². The molecular formula is C25H35N3O3. The normalized spacial score (nSPS) is 22.2. The summed E-state index contributed by atoms with van der Waals surface area (Å²) in [6.07, 6.45) is 6.93. The summed E-state index contributed by atoms with van der Waals surface area (Å²) in [6.45, 7) is 7.42. The van der Waals surface area contributed by atoms with E-state index in [4.69, 9.17) is 4.52 Å². The lowest BCUT2D eigenvalue weighted by atomic mass is 9.92. The standard InChI is InChI=1S/C14H26N2O.C11H9NO2/c1-10(2)8-13-14(17)15-12(9-16(13)3)11-6-4-5-7-11;1-8-2-4-9(5-3-8)11-6-10(7-13)12-14-11/h10-13H,4-9H2,1-3H3,(H,15,17);2-7H,1H3. The predicted octanol–water partition coefficient (Wildman–Crippen LogP) is 4.48. The monoisotopic (exact) mass is 425 g/mol. The molecule has 4 rings (SSSR count). The van der Waals surface area contributed by atoms with E-state index in [-0.39, 0.29) is 11.9 Å². The minimum atomic E-state index is 0.0904. The molecule has 1 aliphatic carbocycles. The van der Waals surface area contributed by atoms with Crippen molar-refractivity contribution in [3.63, 3.8) is 0 Å². The molecule has 1 amide bonds. The van der Waals surface area contributed by atoms with E-state index in [1.807, 2.05) is 31.2 Å². The predicted molar refractivity (Wildman–Crippen MR) is 122 cm³/mol. The van der Waals surface area contributed by atoms with Gasteiger partial charge in [-0.3, -0.25) is 14.5 Å². The summed E-state index contributed by atoms with van der Waals surface area (Å²) >= 11 is 0. The number of nitrogens with zero attached hydrogens (tertiary/aromatic N) is 2. The van der Waals surface area contributed by atoms with Crippen molar-refractivity contribution in [3.8, 4) is 11.3 Å². The van der Waals surface area contributed by atoms with Crippen molar-refractivity contribution < 1.29 is 14.1 Å². The number of piperazine rings is 1. The third-order valence-electron chi connectivity index (χ3n) is 6.30. The summed E-state index contributed by atoms with van der Waals surface area (Å²) in [5, 5.41) is 6.85. The van der Waals surface area contributed by atoms with Gasteiger partial charge in [-0.2, -0.15) is 0 Å². The minimum Gasteiger partial charge on any atom is -0.356 e. The summed E-state index contributed by atoms with van der Waals surface area (Å²) in [4.78, 5) is 24.8. The molecule has 2 aromatic rings. The molecule has 1 N–H and O–H groups in total. The number of hydrogen-bond acceptors (Lipinski definition) is 5. The number of likely N-dealkylation sites (N-methyl/N-ethyl adjacent to an activating group) is 1. The fourth-order valence-corrected chi connectivity index (χ4v) is 4.52. The lowest BCUT2D eigenvalue weighted by Crippen LogP contribution is -2.60. The van der Waals surface area contributed by atoms with Gasteiger partial charge in [-0.25, -0.2) is 0 Å². The van der Waals surface area contributed by atoms with E-state index in [1.165, 1.54) is 31.2 Å². The smallest absolute Gasteiger partial charge is 0.237 e. The minimum absolute atomic E-state index is 0.0904. The Morgan fingerprint density at radius 1 is 1.23 bits per heavy atom. The Kier molecular flexibility index (Phi) is 8.02. The number of carbonyl (C=O) groups is 2. The molecule has 6 heteroatoms. The van der Waals surface area contributed by atoms with Crippen molar-refractivity contribution >= 4 is 12.2 Å². The second-order valence-corrected chi connectivity index (χ2v) is 9.34. The van der Waals surface area contributed by atoms with Gasteiger partial charge in [0.15, 0.2) is 12.0 Å². The van der Waals surface area contributed by atoms with Crippen LogP contribution in [-0.2, 0) is 4.79 Å². The van der Waals surface area contributed by atoms with Gasteiger partial charge in [0, 0.05) is 24.2 Å². The van der Waals surface area contributed by atoms with E-state index in [9.17, 15) is 9.59 Å². The van der Waals surface area contributed by atoms with Crippen LogP contribution in [0.4, 0.5) is 0 Å². The van der Waals surface area contributed by atoms with Crippen LogP contribution in [0.5, 0.6) is 0 Å². The largest absolute Gasteiger partial charge is 0.356 e. The molecule has 6 nitrogen and oxygen atoms in total. The number of aryl methyl sites for hydroxylation is 1. The molecule has 2 heterocycles. The molecule has 2 aliphatic rings. The van der Waals surface area contributed by atoms with Gasteiger partial charge in [-0.15, -0.1) is 0 Å². The quantitative estimate of drug-likeness (QED) is 0.715. The maximum atomic E-state index is 12.2. The Bertz CT molecular complexity index is 853. The second-order valence-electron chi connectivity index (χ2n) is 9.34. The van der Waals surface area contributed by atoms with Crippen LogP contribution in [0.3, 0.4) is 0 Å². The Morgan fingerprint density at radius 2 is 1.90 bits per heavy atom. The van der Waals surface area contributed by atoms with Crippen LogP contribution in [-0.4, -0.2) is 47.9 Å². The first kappa shape index (κ1) is 23.2. The van der Waals surface area contributed by atoms with Gasteiger partial charge in [0.2, 0.25) is 5.91 Å². The Balaban J connectivity index is 0.000000179. The third-order valence-corrected chi connectivity index (χ3v) is 6.30. The summed E-state index contributed by atoms with van der Waals surface area (Å²) in [5.74, 6) is 2.18. The van der Waals surface area contributed by atoms with Crippen molar-refractivity contribution in [1.29, 1.82) is 0 Å². The summed E-state index contributed by atoms with van der Waals surface area (Å²) < 4.78 is 5.00. The molecule has 0 spiro atoms. The number of carbonyl (C=O) groups excluding carboxylic acids is 2. The Hall–Kier alpha value is -2.47. The van der Waals surface area contributed by atoms with Crippen LogP contribution in [0.25, 0.3) is 11.3 Å². The SMILES string of the molecule is CC(C)CC1C(=O)NC(C2CCCC2)CN1C.Cc1ccc(-c2cc(C=O)no2)cc1. The molecule has 1 aromatic heterocycles. The van der Waals surface area contributed by atoms with E-state index in [0.29, 0.717) is 29.7 Å². The van der Waals surface area contributed by atoms with Gasteiger partial charge in [-0.05, 0) is 45.1 Å². The zero-order valence-corrected chi connectivity index (χ0v) is 19.1. The lowest BCUT2D eigenvalue weighted by molar-refractivity contribution is -0.131. The third kappa shape index (κ3) is 6.26. The lowest BCUT2D eigenvalue weighted by Gasteiger charge is -2.40. The highest BCUT2D eigenvalue weighted by atomic mass is 16.5. The van der Waals surface area contributed by atoms with Crippen LogP contribution in [0.15, 0.2) is 34.9 Å².